The van der Waals surface area contributed by atoms with E-state index in [1.54, 1.807) is 0 Å². The van der Waals surface area contributed by atoms with E-state index in [1.165, 1.54) is 24.2 Å². The summed E-state index contributed by atoms with van der Waals surface area (Å²) < 4.78 is 2.37. The van der Waals surface area contributed by atoms with Crippen molar-refractivity contribution in [3.63, 3.8) is 0 Å². The van der Waals surface area contributed by atoms with Gasteiger partial charge in [0.15, 0.2) is 0 Å². The van der Waals surface area contributed by atoms with Crippen molar-refractivity contribution in [1.29, 1.82) is 0 Å². The second-order valence-electron chi connectivity index (χ2n) is 6.33. The van der Waals surface area contributed by atoms with Crippen LogP contribution in [0.1, 0.15) is 39.4 Å². The molecular formula is C18H27N3. The van der Waals surface area contributed by atoms with Crippen LogP contribution in [0.3, 0.4) is 0 Å². The smallest absolute Gasteiger partial charge is 0.111 e. The fraction of sp³-hybridized carbons (Fsp3) is 0.611. The monoisotopic (exact) mass is 285 g/mol. The number of hydrogen-bond donors (Lipinski definition) is 1. The van der Waals surface area contributed by atoms with Gasteiger partial charge in [-0.15, -0.1) is 0 Å². The van der Waals surface area contributed by atoms with Gasteiger partial charge < -0.3 is 9.88 Å². The maximum Gasteiger partial charge on any atom is 0.111 e. The van der Waals surface area contributed by atoms with E-state index in [2.05, 4.69) is 54.9 Å². The molecule has 0 bridgehead atoms. The molecule has 114 valence electrons. The number of imidazole rings is 1. The summed E-state index contributed by atoms with van der Waals surface area (Å²) in [6, 6.07) is 9.03. The zero-order chi connectivity index (χ0) is 14.8. The summed E-state index contributed by atoms with van der Waals surface area (Å²) in [5, 5.41) is 3.69. The summed E-state index contributed by atoms with van der Waals surface area (Å²) in [6.45, 7) is 8.85. The summed E-state index contributed by atoms with van der Waals surface area (Å²) in [5.41, 5.74) is 2.40. The fourth-order valence-electron chi connectivity index (χ4n) is 3.49. The molecule has 1 aromatic heterocycles. The molecule has 1 saturated carbocycles. The molecule has 0 aliphatic heterocycles. The van der Waals surface area contributed by atoms with Gasteiger partial charge in [0.2, 0.25) is 0 Å². The van der Waals surface area contributed by atoms with Crippen molar-refractivity contribution in [2.24, 2.45) is 11.8 Å². The van der Waals surface area contributed by atoms with E-state index in [4.69, 9.17) is 4.98 Å². The van der Waals surface area contributed by atoms with Gasteiger partial charge in [-0.05, 0) is 50.3 Å². The third-order valence-electron chi connectivity index (χ3n) is 4.92. The highest BCUT2D eigenvalue weighted by atomic mass is 15.1. The molecule has 2 atom stereocenters. The first-order chi connectivity index (χ1) is 10.2. The van der Waals surface area contributed by atoms with Gasteiger partial charge in [0.25, 0.3) is 0 Å². The molecular weight excluding hydrogens is 258 g/mol. The number of rotatable bonds is 7. The van der Waals surface area contributed by atoms with Crippen LogP contribution in [0.25, 0.3) is 11.0 Å². The Morgan fingerprint density at radius 2 is 2.05 bits per heavy atom. The van der Waals surface area contributed by atoms with E-state index in [0.29, 0.717) is 6.04 Å². The number of nitrogens with one attached hydrogen (secondary N) is 1. The van der Waals surface area contributed by atoms with Crippen LogP contribution in [-0.4, -0.2) is 22.1 Å². The number of aromatic nitrogens is 2. The number of aryl methyl sites for hydroxylation is 1. The molecule has 3 heteroatoms. The number of likely N-dealkylation sites (N-methyl/N-ethyl adjacent to an activating group) is 1. The Morgan fingerprint density at radius 3 is 2.71 bits per heavy atom. The van der Waals surface area contributed by atoms with E-state index >= 15 is 0 Å². The van der Waals surface area contributed by atoms with Crippen molar-refractivity contribution >= 4 is 11.0 Å². The van der Waals surface area contributed by atoms with Gasteiger partial charge in [0.05, 0.1) is 11.0 Å². The molecule has 0 radical (unpaired) electrons. The van der Waals surface area contributed by atoms with Crippen molar-refractivity contribution < 1.29 is 0 Å². The zero-order valence-electron chi connectivity index (χ0n) is 13.5. The molecule has 0 amide bonds. The van der Waals surface area contributed by atoms with E-state index in [-0.39, 0.29) is 0 Å². The maximum atomic E-state index is 4.89. The van der Waals surface area contributed by atoms with Crippen LogP contribution < -0.4 is 5.32 Å². The fourth-order valence-corrected chi connectivity index (χ4v) is 3.49. The molecule has 1 fully saturated rings. The van der Waals surface area contributed by atoms with Crippen molar-refractivity contribution in [1.82, 2.24) is 14.9 Å². The van der Waals surface area contributed by atoms with E-state index in [1.807, 2.05) is 0 Å². The summed E-state index contributed by atoms with van der Waals surface area (Å²) in [7, 11) is 0. The number of hydrogen-bond acceptors (Lipinski definition) is 2. The van der Waals surface area contributed by atoms with Crippen molar-refractivity contribution in [3.05, 3.63) is 30.1 Å². The Bertz CT molecular complexity index is 598. The molecule has 1 aliphatic carbocycles. The first-order valence-electron chi connectivity index (χ1n) is 8.42. The first kappa shape index (κ1) is 14.6. The van der Waals surface area contributed by atoms with Gasteiger partial charge in [-0.1, -0.05) is 26.0 Å². The molecule has 0 spiro atoms. The van der Waals surface area contributed by atoms with Gasteiger partial charge in [-0.25, -0.2) is 4.98 Å². The summed E-state index contributed by atoms with van der Waals surface area (Å²) in [5.74, 6) is 2.90. The lowest BCUT2D eigenvalue weighted by molar-refractivity contribution is 0.338. The first-order valence-corrected chi connectivity index (χ1v) is 8.42. The average molecular weight is 285 g/mol. The maximum absolute atomic E-state index is 4.89. The molecule has 1 heterocycles. The predicted molar refractivity (Wildman–Crippen MR) is 88.5 cm³/mol. The topological polar surface area (TPSA) is 29.9 Å². The van der Waals surface area contributed by atoms with Gasteiger partial charge in [-0.3, -0.25) is 0 Å². The highest BCUT2D eigenvalue weighted by molar-refractivity contribution is 5.75. The van der Waals surface area contributed by atoms with Gasteiger partial charge in [0, 0.05) is 19.0 Å². The highest BCUT2D eigenvalue weighted by Gasteiger charge is 2.33. The van der Waals surface area contributed by atoms with Crippen LogP contribution in [0.5, 0.6) is 0 Å². The molecule has 2 aromatic rings. The van der Waals surface area contributed by atoms with Gasteiger partial charge in [-0.2, -0.15) is 0 Å². The summed E-state index contributed by atoms with van der Waals surface area (Å²) >= 11 is 0. The molecule has 1 N–H and O–H groups in total. The average Bonchev–Trinajstić information content (AvgIpc) is 3.28. The molecule has 1 aliphatic rings. The summed E-state index contributed by atoms with van der Waals surface area (Å²) in [4.78, 5) is 4.89. The SMILES string of the molecule is CCNC(Cc1nc2ccccc2n1CC)C(C)C1CC1. The van der Waals surface area contributed by atoms with Crippen LogP contribution in [-0.2, 0) is 13.0 Å². The molecule has 2 unspecified atom stereocenters. The van der Waals surface area contributed by atoms with Crippen LogP contribution in [0, 0.1) is 11.8 Å². The van der Waals surface area contributed by atoms with Crippen LogP contribution in [0.15, 0.2) is 24.3 Å². The molecule has 21 heavy (non-hydrogen) atoms. The Hall–Kier alpha value is -1.35. The highest BCUT2D eigenvalue weighted by Crippen LogP contribution is 2.38. The van der Waals surface area contributed by atoms with Crippen molar-refractivity contribution in [2.75, 3.05) is 6.54 Å². The largest absolute Gasteiger partial charge is 0.328 e. The quantitative estimate of drug-likeness (QED) is 0.842. The van der Waals surface area contributed by atoms with Crippen LogP contribution >= 0.6 is 0 Å². The minimum absolute atomic E-state index is 0.546. The van der Waals surface area contributed by atoms with Gasteiger partial charge in [0.1, 0.15) is 5.82 Å². The van der Waals surface area contributed by atoms with Crippen molar-refractivity contribution in [3.8, 4) is 0 Å². The standard InChI is InChI=1S/C18H27N3/c1-4-19-16(13(3)14-10-11-14)12-18-20-15-8-6-7-9-17(15)21(18)5-2/h6-9,13-14,16,19H,4-5,10-12H2,1-3H3. The van der Waals surface area contributed by atoms with E-state index in [0.717, 1.165) is 36.9 Å². The third-order valence-corrected chi connectivity index (χ3v) is 4.92. The summed E-state index contributed by atoms with van der Waals surface area (Å²) in [6.07, 6.45) is 3.86. The number of benzene rings is 1. The van der Waals surface area contributed by atoms with Crippen LogP contribution in [0.4, 0.5) is 0 Å². The normalized spacial score (nSPS) is 18.0. The molecule has 3 rings (SSSR count). The van der Waals surface area contributed by atoms with Crippen molar-refractivity contribution in [2.45, 2.75) is 52.6 Å². The Kier molecular flexibility index (Phi) is 4.29. The number of fused-ring (bicyclic) bond motifs is 1. The lowest BCUT2D eigenvalue weighted by Gasteiger charge is -2.24. The third kappa shape index (κ3) is 2.98. The molecule has 3 nitrogen and oxygen atoms in total. The second kappa shape index (κ2) is 6.18. The van der Waals surface area contributed by atoms with Gasteiger partial charge >= 0.3 is 0 Å². The Balaban J connectivity index is 1.87. The Labute approximate surface area is 127 Å². The van der Waals surface area contributed by atoms with Crippen LogP contribution in [0.2, 0.25) is 0 Å². The van der Waals surface area contributed by atoms with E-state index < -0.39 is 0 Å². The minimum Gasteiger partial charge on any atom is -0.328 e. The minimum atomic E-state index is 0.546. The molecule has 0 saturated heterocycles. The lowest BCUT2D eigenvalue weighted by atomic mass is 9.93. The molecule has 1 aromatic carbocycles. The van der Waals surface area contributed by atoms with E-state index in [9.17, 15) is 0 Å². The predicted octanol–water partition coefficient (Wildman–Crippen LogP) is 3.62. The zero-order valence-corrected chi connectivity index (χ0v) is 13.5. The Morgan fingerprint density at radius 1 is 1.29 bits per heavy atom. The lowest BCUT2D eigenvalue weighted by Crippen LogP contribution is -2.38. The second-order valence-corrected chi connectivity index (χ2v) is 6.33. The number of nitrogens with zero attached hydrogens (tertiary/aromatic N) is 2. The number of para-hydroxylation sites is 2.